The lowest BCUT2D eigenvalue weighted by Crippen LogP contribution is -2.44. The number of nitrogens with one attached hydrogen (secondary N) is 2. The van der Waals surface area contributed by atoms with E-state index >= 15 is 0 Å². The molecule has 2 amide bonds. The molecule has 2 N–H and O–H groups in total. The van der Waals surface area contributed by atoms with E-state index in [1.54, 1.807) is 42.2 Å². The minimum atomic E-state index is -4.92. The Labute approximate surface area is 233 Å². The van der Waals surface area contributed by atoms with Crippen molar-refractivity contribution in [3.05, 3.63) is 90.3 Å². The number of oxime groups is 1. The summed E-state index contributed by atoms with van der Waals surface area (Å²) in [5.41, 5.74) is 3.19. The number of carbonyl (C=O) groups excluding carboxylic acids is 2. The third-order valence-corrected chi connectivity index (χ3v) is 8.42. The van der Waals surface area contributed by atoms with Crippen molar-refractivity contribution in [2.24, 2.45) is 5.16 Å². The van der Waals surface area contributed by atoms with Gasteiger partial charge in [-0.1, -0.05) is 46.6 Å². The second kappa shape index (κ2) is 10.00. The topological polar surface area (TPSA) is 83.0 Å². The van der Waals surface area contributed by atoms with E-state index in [0.29, 0.717) is 16.0 Å². The van der Waals surface area contributed by atoms with Gasteiger partial charge in [0.25, 0.3) is 17.4 Å². The summed E-state index contributed by atoms with van der Waals surface area (Å²) in [6.45, 7) is 2.12. The molecular weight excluding hydrogens is 583 g/mol. The molecule has 1 atom stereocenters. The van der Waals surface area contributed by atoms with Gasteiger partial charge in [-0.2, -0.15) is 13.2 Å². The molecule has 1 aromatic heterocycles. The SMILES string of the molecule is Cc1c(C(=O)NNC(=O)c2ccccc2)sc2c1CN(C1=NOC(c3cc(Cl)c(F)c(Cl)c3)(C(F)(F)F)C1)C2. The predicted octanol–water partition coefficient (Wildman–Crippen LogP) is 6.08. The summed E-state index contributed by atoms with van der Waals surface area (Å²) >= 11 is 12.7. The first-order valence-electron chi connectivity index (χ1n) is 11.4. The van der Waals surface area contributed by atoms with Gasteiger partial charge in [0.05, 0.1) is 27.9 Å². The van der Waals surface area contributed by atoms with Crippen molar-refractivity contribution in [3.63, 3.8) is 0 Å². The number of hydrazine groups is 1. The lowest BCUT2D eigenvalue weighted by molar-refractivity contribution is -0.275. The van der Waals surface area contributed by atoms with Crippen LogP contribution in [0.15, 0.2) is 47.6 Å². The molecule has 2 aromatic carbocycles. The number of amidine groups is 1. The molecular formula is C25H18Cl2F4N4O3S. The summed E-state index contributed by atoms with van der Waals surface area (Å²) in [4.78, 5) is 32.7. The summed E-state index contributed by atoms with van der Waals surface area (Å²) in [6, 6.07) is 10.0. The number of halogens is 6. The highest BCUT2D eigenvalue weighted by molar-refractivity contribution is 7.14. The zero-order valence-electron chi connectivity index (χ0n) is 20.0. The lowest BCUT2D eigenvalue weighted by Gasteiger charge is -2.30. The molecule has 0 radical (unpaired) electrons. The van der Waals surface area contributed by atoms with Gasteiger partial charge in [0.15, 0.2) is 5.82 Å². The molecule has 3 aromatic rings. The standard InChI is InChI=1S/C25H18Cl2F4N4O3S/c1-12-15-10-35(11-18(15)39-21(12)23(37)33-32-22(36)13-5-3-2-4-6-13)19-9-24(38-34-19,25(29,30)31)14-7-16(26)20(28)17(27)8-14/h2-8H,9-11H2,1H3,(H,32,36)(H,33,37). The number of hydrogen-bond donors (Lipinski definition) is 2. The van der Waals surface area contributed by atoms with Crippen molar-refractivity contribution < 1.29 is 32.0 Å². The minimum absolute atomic E-state index is 0.0350. The smallest absolute Gasteiger partial charge is 0.372 e. The number of nitrogens with zero attached hydrogens (tertiary/aromatic N) is 2. The Morgan fingerprint density at radius 2 is 1.72 bits per heavy atom. The van der Waals surface area contributed by atoms with Crippen molar-refractivity contribution in [3.8, 4) is 0 Å². The lowest BCUT2D eigenvalue weighted by atomic mass is 9.89. The Morgan fingerprint density at radius 1 is 1.08 bits per heavy atom. The Kier molecular flexibility index (Phi) is 6.98. The van der Waals surface area contributed by atoms with Crippen LogP contribution in [0.4, 0.5) is 17.6 Å². The summed E-state index contributed by atoms with van der Waals surface area (Å²) in [6.07, 6.45) is -5.60. The first kappa shape index (κ1) is 27.2. The highest BCUT2D eigenvalue weighted by Gasteiger charge is 2.63. The molecule has 0 bridgehead atoms. The van der Waals surface area contributed by atoms with Crippen LogP contribution in [-0.2, 0) is 23.5 Å². The molecule has 7 nitrogen and oxygen atoms in total. The molecule has 39 heavy (non-hydrogen) atoms. The highest BCUT2D eigenvalue weighted by Crippen LogP contribution is 2.50. The van der Waals surface area contributed by atoms with Crippen molar-refractivity contribution in [2.75, 3.05) is 0 Å². The fraction of sp³-hybridized carbons (Fsp3) is 0.240. The van der Waals surface area contributed by atoms with Crippen molar-refractivity contribution >= 4 is 52.2 Å². The van der Waals surface area contributed by atoms with Gasteiger partial charge in [-0.3, -0.25) is 20.4 Å². The summed E-state index contributed by atoms with van der Waals surface area (Å²) < 4.78 is 56.8. The van der Waals surface area contributed by atoms with Gasteiger partial charge >= 0.3 is 6.18 Å². The van der Waals surface area contributed by atoms with Gasteiger partial charge in [-0.05, 0) is 42.3 Å². The Balaban J connectivity index is 1.29. The van der Waals surface area contributed by atoms with E-state index in [9.17, 15) is 27.2 Å². The number of hydrogen-bond acceptors (Lipinski definition) is 6. The maximum Gasteiger partial charge on any atom is 0.435 e. The van der Waals surface area contributed by atoms with Crippen LogP contribution in [0.3, 0.4) is 0 Å². The van der Waals surface area contributed by atoms with Gasteiger partial charge in [0.1, 0.15) is 5.84 Å². The van der Waals surface area contributed by atoms with Crippen LogP contribution in [0.2, 0.25) is 10.0 Å². The van der Waals surface area contributed by atoms with Crippen molar-refractivity contribution in [1.82, 2.24) is 15.8 Å². The van der Waals surface area contributed by atoms with Crippen LogP contribution in [0, 0.1) is 12.7 Å². The predicted molar refractivity (Wildman–Crippen MR) is 137 cm³/mol. The molecule has 1 unspecified atom stereocenters. The molecule has 0 spiro atoms. The highest BCUT2D eigenvalue weighted by atomic mass is 35.5. The van der Waals surface area contributed by atoms with E-state index in [1.165, 1.54) is 11.3 Å². The van der Waals surface area contributed by atoms with Crippen molar-refractivity contribution in [2.45, 2.75) is 38.2 Å². The fourth-order valence-corrected chi connectivity index (χ4v) is 6.15. The number of benzene rings is 2. The third kappa shape index (κ3) is 4.81. The number of carbonyl (C=O) groups is 2. The summed E-state index contributed by atoms with van der Waals surface area (Å²) in [7, 11) is 0. The van der Waals surface area contributed by atoms with E-state index in [2.05, 4.69) is 16.0 Å². The molecule has 14 heteroatoms. The van der Waals surface area contributed by atoms with Crippen LogP contribution < -0.4 is 10.9 Å². The third-order valence-electron chi connectivity index (χ3n) is 6.56. The average molecular weight is 601 g/mol. The maximum absolute atomic E-state index is 14.3. The number of rotatable bonds is 3. The van der Waals surface area contributed by atoms with Gasteiger partial charge in [-0.25, -0.2) is 4.39 Å². The molecule has 204 valence electrons. The molecule has 0 saturated heterocycles. The van der Waals surface area contributed by atoms with Gasteiger partial charge < -0.3 is 9.74 Å². The fourth-order valence-electron chi connectivity index (χ4n) is 4.44. The molecule has 0 saturated carbocycles. The van der Waals surface area contributed by atoms with Crippen LogP contribution in [0.25, 0.3) is 0 Å². The average Bonchev–Trinajstić information content (AvgIpc) is 3.60. The normalized spacial score (nSPS) is 18.4. The van der Waals surface area contributed by atoms with Crippen LogP contribution in [-0.4, -0.2) is 28.7 Å². The van der Waals surface area contributed by atoms with E-state index in [-0.39, 0.29) is 18.9 Å². The quantitative estimate of drug-likeness (QED) is 0.217. The zero-order valence-corrected chi connectivity index (χ0v) is 22.3. The second-order valence-electron chi connectivity index (χ2n) is 8.94. The Bertz CT molecular complexity index is 1490. The van der Waals surface area contributed by atoms with E-state index in [4.69, 9.17) is 28.0 Å². The Hall–Kier alpha value is -3.35. The van der Waals surface area contributed by atoms with Crippen LogP contribution >= 0.6 is 34.5 Å². The molecule has 0 aliphatic carbocycles. The second-order valence-corrected chi connectivity index (χ2v) is 10.9. The van der Waals surface area contributed by atoms with E-state index in [1.807, 2.05) is 0 Å². The van der Waals surface area contributed by atoms with Crippen molar-refractivity contribution in [1.29, 1.82) is 0 Å². The van der Waals surface area contributed by atoms with Crippen LogP contribution in [0.1, 0.15) is 48.0 Å². The first-order valence-corrected chi connectivity index (χ1v) is 13.0. The van der Waals surface area contributed by atoms with Gasteiger partial charge in [-0.15, -0.1) is 11.3 Å². The number of thiophene rings is 1. The monoisotopic (exact) mass is 600 g/mol. The van der Waals surface area contributed by atoms with Crippen LogP contribution in [0.5, 0.6) is 0 Å². The van der Waals surface area contributed by atoms with Gasteiger partial charge in [0, 0.05) is 22.5 Å². The molecule has 5 rings (SSSR count). The van der Waals surface area contributed by atoms with Gasteiger partial charge in [0.2, 0.25) is 0 Å². The van der Waals surface area contributed by atoms with E-state index in [0.717, 1.165) is 22.6 Å². The summed E-state index contributed by atoms with van der Waals surface area (Å²) in [5, 5.41) is 2.61. The van der Waals surface area contributed by atoms with E-state index < -0.39 is 51.4 Å². The first-order chi connectivity index (χ1) is 18.4. The molecule has 2 aliphatic rings. The Morgan fingerprint density at radius 3 is 2.33 bits per heavy atom. The minimum Gasteiger partial charge on any atom is -0.372 e. The maximum atomic E-state index is 14.3. The zero-order chi connectivity index (χ0) is 28.1. The number of alkyl halides is 3. The molecule has 3 heterocycles. The largest absolute Gasteiger partial charge is 0.435 e. The molecule has 2 aliphatic heterocycles. The number of amides is 2. The summed E-state index contributed by atoms with van der Waals surface area (Å²) in [5.74, 6) is -1.98. The molecule has 0 fully saturated rings. The number of fused-ring (bicyclic) bond motifs is 1.